The molecule has 1 aliphatic heterocycles. The zero-order valence-electron chi connectivity index (χ0n) is 20.5. The highest BCUT2D eigenvalue weighted by atomic mass is 19.3. The summed E-state index contributed by atoms with van der Waals surface area (Å²) in [5.74, 6) is 0.764. The Hall–Kier alpha value is -2.24. The van der Waals surface area contributed by atoms with Gasteiger partial charge in [-0.15, -0.1) is 0 Å². The molecule has 2 aliphatic rings. The number of rotatable bonds is 12. The lowest BCUT2D eigenvalue weighted by Gasteiger charge is -2.32. The number of hydrogen-bond acceptors (Lipinski definition) is 8. The van der Waals surface area contributed by atoms with Crippen molar-refractivity contribution in [2.45, 2.75) is 77.0 Å². The van der Waals surface area contributed by atoms with Gasteiger partial charge < -0.3 is 25.4 Å². The summed E-state index contributed by atoms with van der Waals surface area (Å²) in [7, 11) is 0. The predicted octanol–water partition coefficient (Wildman–Crippen LogP) is 3.38. The van der Waals surface area contributed by atoms with E-state index in [9.17, 15) is 18.7 Å². The van der Waals surface area contributed by atoms with Crippen LogP contribution in [0.1, 0.15) is 68.6 Å². The van der Waals surface area contributed by atoms with Gasteiger partial charge in [-0.25, -0.2) is 9.98 Å². The first-order chi connectivity index (χ1) is 16.9. The van der Waals surface area contributed by atoms with Crippen LogP contribution in [0.5, 0.6) is 0 Å². The number of piperidine rings is 1. The molecule has 1 saturated carbocycles. The predicted molar refractivity (Wildman–Crippen MR) is 130 cm³/mol. The summed E-state index contributed by atoms with van der Waals surface area (Å²) in [6, 6.07) is -0.0196. The first-order valence-electron chi connectivity index (χ1n) is 12.7. The Morgan fingerprint density at radius 3 is 2.71 bits per heavy atom. The molecule has 1 aliphatic carbocycles. The van der Waals surface area contributed by atoms with E-state index in [1.54, 1.807) is 0 Å². The Kier molecular flexibility index (Phi) is 11.2. The highest BCUT2D eigenvalue weighted by Crippen LogP contribution is 2.25. The maximum atomic E-state index is 13.1. The summed E-state index contributed by atoms with van der Waals surface area (Å²) in [5.41, 5.74) is 0.325. The van der Waals surface area contributed by atoms with E-state index in [2.05, 4.69) is 42.2 Å². The Morgan fingerprint density at radius 1 is 1.29 bits per heavy atom. The number of aliphatic imine (C=N–C) groups is 1. The number of nitrogens with one attached hydrogen (secondary N) is 2. The van der Waals surface area contributed by atoms with Crippen LogP contribution >= 0.6 is 0 Å². The number of hydrogen-bond donors (Lipinski definition) is 3. The minimum Gasteiger partial charge on any atom is -0.393 e. The molecule has 3 rings (SSSR count). The van der Waals surface area contributed by atoms with Gasteiger partial charge in [-0.05, 0) is 50.9 Å². The van der Waals surface area contributed by atoms with Gasteiger partial charge in [0.15, 0.2) is 5.82 Å². The van der Waals surface area contributed by atoms with Gasteiger partial charge in [0.25, 0.3) is 5.91 Å². The molecular formula is C24H38F2N6O3. The van der Waals surface area contributed by atoms with Gasteiger partial charge in [-0.2, -0.15) is 13.8 Å². The summed E-state index contributed by atoms with van der Waals surface area (Å²) in [5, 5.41) is 16.0. The molecule has 9 nitrogen and oxygen atoms in total. The van der Waals surface area contributed by atoms with Crippen LogP contribution in [0.4, 0.5) is 20.5 Å². The first kappa shape index (κ1) is 27.3. The van der Waals surface area contributed by atoms with Crippen LogP contribution < -0.4 is 10.6 Å². The lowest BCUT2D eigenvalue weighted by atomic mass is 9.88. The molecule has 1 amide bonds. The summed E-state index contributed by atoms with van der Waals surface area (Å²) in [6.45, 7) is 1.94. The standard InChI is InChI=1S/C24H38F2N6O3/c1-2-3-10-27-24-29-16-20(21(31-24)28-15-17-4-6-19(33)7-5-17)22(34)30-18-8-11-32(12-9-18)13-14-35-23(25)26/h15-19,23,33H,2-14H2,1H3,(H,30,34)(H,27,29,31)/b28-15+. The van der Waals surface area contributed by atoms with Crippen molar-refractivity contribution in [2.75, 3.05) is 38.1 Å². The van der Waals surface area contributed by atoms with Gasteiger partial charge >= 0.3 is 6.61 Å². The van der Waals surface area contributed by atoms with E-state index >= 15 is 0 Å². The quantitative estimate of drug-likeness (QED) is 0.300. The average molecular weight is 497 g/mol. The Labute approximate surface area is 205 Å². The maximum absolute atomic E-state index is 13.1. The Balaban J connectivity index is 1.60. The molecule has 0 unspecified atom stereocenters. The third kappa shape index (κ3) is 9.38. The largest absolute Gasteiger partial charge is 0.393 e. The number of unbranched alkanes of at least 4 members (excludes halogenated alkanes) is 1. The molecular weight excluding hydrogens is 458 g/mol. The fraction of sp³-hybridized carbons (Fsp3) is 0.750. The number of aliphatic hydroxyl groups excluding tert-OH is 1. The molecule has 35 heavy (non-hydrogen) atoms. The second kappa shape index (κ2) is 14.4. The van der Waals surface area contributed by atoms with Crippen molar-refractivity contribution < 1.29 is 23.4 Å². The van der Waals surface area contributed by atoms with Crippen molar-refractivity contribution >= 4 is 23.9 Å². The first-order valence-corrected chi connectivity index (χ1v) is 12.7. The molecule has 1 aromatic heterocycles. The fourth-order valence-corrected chi connectivity index (χ4v) is 4.36. The number of anilines is 1. The second-order valence-electron chi connectivity index (χ2n) is 9.28. The second-order valence-corrected chi connectivity index (χ2v) is 9.28. The third-order valence-corrected chi connectivity index (χ3v) is 6.55. The molecule has 1 aromatic rings. The number of halogens is 2. The number of aliphatic hydroxyl groups is 1. The van der Waals surface area contributed by atoms with Crippen molar-refractivity contribution in [1.82, 2.24) is 20.2 Å². The van der Waals surface area contributed by atoms with Gasteiger partial charge in [-0.1, -0.05) is 13.3 Å². The summed E-state index contributed by atoms with van der Waals surface area (Å²) < 4.78 is 28.6. The monoisotopic (exact) mass is 496 g/mol. The van der Waals surface area contributed by atoms with E-state index in [4.69, 9.17) is 0 Å². The van der Waals surface area contributed by atoms with Gasteiger partial charge in [0, 0.05) is 44.6 Å². The highest BCUT2D eigenvalue weighted by Gasteiger charge is 2.24. The van der Waals surface area contributed by atoms with Crippen LogP contribution in [0.2, 0.25) is 0 Å². The minimum atomic E-state index is -2.75. The topological polar surface area (TPSA) is 112 Å². The lowest BCUT2D eigenvalue weighted by Crippen LogP contribution is -2.45. The van der Waals surface area contributed by atoms with Gasteiger partial charge in [0.05, 0.1) is 12.7 Å². The third-order valence-electron chi connectivity index (χ3n) is 6.55. The number of likely N-dealkylation sites (tertiary alicyclic amines) is 1. The van der Waals surface area contributed by atoms with Crippen molar-refractivity contribution in [3.63, 3.8) is 0 Å². The SMILES string of the molecule is CCCCNc1ncc(C(=O)NC2CCN(CCOC(F)F)CC2)c(/N=C/C2CCC(O)CC2)n1. The minimum absolute atomic E-state index is 0.00795. The number of ether oxygens (including phenoxy) is 1. The molecule has 11 heteroatoms. The maximum Gasteiger partial charge on any atom is 0.345 e. The molecule has 1 saturated heterocycles. The molecule has 0 spiro atoms. The molecule has 0 aromatic carbocycles. The van der Waals surface area contributed by atoms with E-state index in [0.29, 0.717) is 37.0 Å². The van der Waals surface area contributed by atoms with E-state index in [0.717, 1.165) is 57.9 Å². The number of nitrogens with zero attached hydrogens (tertiary/aromatic N) is 4. The Bertz CT molecular complexity index is 812. The van der Waals surface area contributed by atoms with Crippen LogP contribution in [0.15, 0.2) is 11.2 Å². The Morgan fingerprint density at radius 2 is 2.03 bits per heavy atom. The smallest absolute Gasteiger partial charge is 0.345 e. The fourth-order valence-electron chi connectivity index (χ4n) is 4.36. The number of aromatic nitrogens is 2. The van der Waals surface area contributed by atoms with Crippen LogP contribution in [0.25, 0.3) is 0 Å². The van der Waals surface area contributed by atoms with Crippen molar-refractivity contribution in [3.05, 3.63) is 11.8 Å². The van der Waals surface area contributed by atoms with Gasteiger partial charge in [-0.3, -0.25) is 4.79 Å². The highest BCUT2D eigenvalue weighted by molar-refractivity contribution is 5.98. The lowest BCUT2D eigenvalue weighted by molar-refractivity contribution is -0.132. The van der Waals surface area contributed by atoms with Crippen molar-refractivity contribution in [1.29, 1.82) is 0 Å². The summed E-state index contributed by atoms with van der Waals surface area (Å²) in [6.07, 6.45) is 9.84. The van der Waals surface area contributed by atoms with Crippen LogP contribution in [-0.2, 0) is 4.74 Å². The van der Waals surface area contributed by atoms with Gasteiger partial charge in [0.2, 0.25) is 5.95 Å². The van der Waals surface area contributed by atoms with Crippen LogP contribution in [-0.4, -0.2) is 83.6 Å². The van der Waals surface area contributed by atoms with E-state index < -0.39 is 6.61 Å². The number of carbonyl (C=O) groups is 1. The van der Waals surface area contributed by atoms with E-state index in [1.165, 1.54) is 6.20 Å². The van der Waals surface area contributed by atoms with Gasteiger partial charge in [0.1, 0.15) is 5.56 Å². The molecule has 0 radical (unpaired) electrons. The van der Waals surface area contributed by atoms with Crippen molar-refractivity contribution in [2.24, 2.45) is 10.9 Å². The average Bonchev–Trinajstić information content (AvgIpc) is 2.85. The number of carbonyl (C=O) groups excluding carboxylic acids is 1. The molecule has 0 atom stereocenters. The van der Waals surface area contributed by atoms with E-state index in [-0.39, 0.29) is 30.6 Å². The normalized spacial score (nSPS) is 22.1. The number of alkyl halides is 2. The zero-order chi connectivity index (χ0) is 25.0. The molecule has 2 fully saturated rings. The summed E-state index contributed by atoms with van der Waals surface area (Å²) >= 11 is 0. The molecule has 196 valence electrons. The molecule has 2 heterocycles. The van der Waals surface area contributed by atoms with Crippen molar-refractivity contribution in [3.8, 4) is 0 Å². The molecule has 3 N–H and O–H groups in total. The molecule has 0 bridgehead atoms. The van der Waals surface area contributed by atoms with Crippen LogP contribution in [0, 0.1) is 5.92 Å². The number of amides is 1. The summed E-state index contributed by atoms with van der Waals surface area (Å²) in [4.78, 5) is 28.5. The zero-order valence-corrected chi connectivity index (χ0v) is 20.5. The van der Waals surface area contributed by atoms with E-state index in [1.807, 2.05) is 6.21 Å². The van der Waals surface area contributed by atoms with Crippen LogP contribution in [0.3, 0.4) is 0 Å².